The minimum Gasteiger partial charge on any atom is -0.366 e. The summed E-state index contributed by atoms with van der Waals surface area (Å²) in [4.78, 5) is 25.9. The second kappa shape index (κ2) is 10.3. The molecule has 1 aliphatic rings. The van der Waals surface area contributed by atoms with Crippen molar-refractivity contribution in [3.05, 3.63) is 63.7 Å². The van der Waals surface area contributed by atoms with Gasteiger partial charge in [0.25, 0.3) is 11.6 Å². The van der Waals surface area contributed by atoms with Gasteiger partial charge in [-0.05, 0) is 67.6 Å². The molecule has 0 unspecified atom stereocenters. The van der Waals surface area contributed by atoms with E-state index in [0.29, 0.717) is 11.6 Å². The molecule has 1 heterocycles. The number of hydrogen-bond acceptors (Lipinski definition) is 5. The number of nitro groups is 1. The highest BCUT2D eigenvalue weighted by atomic mass is 32.1. The molecule has 0 aliphatic carbocycles. The monoisotopic (exact) mass is 440 g/mol. The van der Waals surface area contributed by atoms with Crippen molar-refractivity contribution < 1.29 is 9.72 Å². The standard InChI is InChI=1S/C23H28N4O3S/c1-3-16(2)18-9-5-6-10-19(18)24-23(31)25-22(28)17-11-12-20(21(15-17)27(29)30)26-13-7-4-8-14-26/h5-6,9-12,15-16H,3-4,7-8,13-14H2,1-2H3,(H2,24,25,28,31)/t16-/m0/s1. The molecule has 3 rings (SSSR count). The van der Waals surface area contributed by atoms with Gasteiger partial charge in [-0.3, -0.25) is 20.2 Å². The number of benzene rings is 2. The lowest BCUT2D eigenvalue weighted by molar-refractivity contribution is -0.384. The molecule has 31 heavy (non-hydrogen) atoms. The Morgan fingerprint density at radius 3 is 2.58 bits per heavy atom. The van der Waals surface area contributed by atoms with Crippen molar-refractivity contribution in [2.45, 2.75) is 45.4 Å². The fourth-order valence-electron chi connectivity index (χ4n) is 3.80. The van der Waals surface area contributed by atoms with Gasteiger partial charge in [0, 0.05) is 30.4 Å². The van der Waals surface area contributed by atoms with Crippen LogP contribution in [0.4, 0.5) is 17.1 Å². The van der Waals surface area contributed by atoms with Crippen molar-refractivity contribution in [2.24, 2.45) is 0 Å². The summed E-state index contributed by atoms with van der Waals surface area (Å²) < 4.78 is 0. The molecule has 0 aromatic heterocycles. The molecule has 8 heteroatoms. The van der Waals surface area contributed by atoms with E-state index in [9.17, 15) is 14.9 Å². The van der Waals surface area contributed by atoms with E-state index in [2.05, 4.69) is 24.5 Å². The number of nitrogens with zero attached hydrogens (tertiary/aromatic N) is 2. The molecule has 1 atom stereocenters. The van der Waals surface area contributed by atoms with Crippen LogP contribution >= 0.6 is 12.2 Å². The fraction of sp³-hybridized carbons (Fsp3) is 0.391. The maximum absolute atomic E-state index is 12.7. The minimum absolute atomic E-state index is 0.0597. The van der Waals surface area contributed by atoms with Crippen LogP contribution in [0.25, 0.3) is 0 Å². The van der Waals surface area contributed by atoms with Gasteiger partial charge >= 0.3 is 0 Å². The number of anilines is 2. The Bertz CT molecular complexity index is 973. The Balaban J connectivity index is 1.74. The summed E-state index contributed by atoms with van der Waals surface area (Å²) in [7, 11) is 0. The molecule has 0 saturated carbocycles. The first-order chi connectivity index (χ1) is 14.9. The molecule has 2 aromatic rings. The molecule has 1 aliphatic heterocycles. The van der Waals surface area contributed by atoms with E-state index in [4.69, 9.17) is 12.2 Å². The van der Waals surface area contributed by atoms with E-state index in [1.54, 1.807) is 12.1 Å². The van der Waals surface area contributed by atoms with Crippen molar-refractivity contribution in [3.8, 4) is 0 Å². The number of carbonyl (C=O) groups excluding carboxylic acids is 1. The van der Waals surface area contributed by atoms with E-state index in [-0.39, 0.29) is 16.4 Å². The van der Waals surface area contributed by atoms with Gasteiger partial charge in [-0.25, -0.2) is 0 Å². The highest BCUT2D eigenvalue weighted by Crippen LogP contribution is 2.31. The maximum atomic E-state index is 12.7. The molecular weight excluding hydrogens is 412 g/mol. The summed E-state index contributed by atoms with van der Waals surface area (Å²) in [6, 6.07) is 12.4. The number of nitrogens with one attached hydrogen (secondary N) is 2. The smallest absolute Gasteiger partial charge is 0.293 e. The van der Waals surface area contributed by atoms with Crippen LogP contribution in [0, 0.1) is 10.1 Å². The number of amides is 1. The summed E-state index contributed by atoms with van der Waals surface area (Å²) in [5.41, 5.74) is 2.66. The van der Waals surface area contributed by atoms with Crippen LogP contribution in [-0.2, 0) is 0 Å². The summed E-state index contributed by atoms with van der Waals surface area (Å²) in [6.45, 7) is 5.82. The van der Waals surface area contributed by atoms with Crippen molar-refractivity contribution in [1.82, 2.24) is 5.32 Å². The summed E-state index contributed by atoms with van der Waals surface area (Å²) in [5, 5.41) is 17.5. The first-order valence-electron chi connectivity index (χ1n) is 10.6. The molecule has 1 saturated heterocycles. The van der Waals surface area contributed by atoms with E-state index < -0.39 is 10.8 Å². The SMILES string of the molecule is CC[C@H](C)c1ccccc1NC(=S)NC(=O)c1ccc(N2CCCCC2)c([N+](=O)[O-])c1. The third-order valence-electron chi connectivity index (χ3n) is 5.71. The molecule has 0 bridgehead atoms. The van der Waals surface area contributed by atoms with E-state index >= 15 is 0 Å². The van der Waals surface area contributed by atoms with Crippen LogP contribution in [-0.4, -0.2) is 29.0 Å². The second-order valence-corrected chi connectivity index (χ2v) is 8.22. The van der Waals surface area contributed by atoms with E-state index in [0.717, 1.165) is 50.0 Å². The Hall–Kier alpha value is -3.00. The van der Waals surface area contributed by atoms with Crippen molar-refractivity contribution in [2.75, 3.05) is 23.3 Å². The minimum atomic E-state index is -0.480. The third kappa shape index (κ3) is 5.58. The first-order valence-corrected chi connectivity index (χ1v) is 11.1. The van der Waals surface area contributed by atoms with Crippen LogP contribution < -0.4 is 15.5 Å². The molecular formula is C23H28N4O3S. The van der Waals surface area contributed by atoms with Crippen molar-refractivity contribution in [3.63, 3.8) is 0 Å². The lowest BCUT2D eigenvalue weighted by Crippen LogP contribution is -2.34. The highest BCUT2D eigenvalue weighted by Gasteiger charge is 2.23. The average Bonchev–Trinajstić information content (AvgIpc) is 2.79. The van der Waals surface area contributed by atoms with Gasteiger partial charge in [0.05, 0.1) is 4.92 Å². The lowest BCUT2D eigenvalue weighted by atomic mass is 9.97. The van der Waals surface area contributed by atoms with Crippen LogP contribution in [0.3, 0.4) is 0 Å². The number of carbonyl (C=O) groups is 1. The number of para-hydroxylation sites is 1. The topological polar surface area (TPSA) is 87.5 Å². The van der Waals surface area contributed by atoms with Gasteiger partial charge in [0.15, 0.2) is 5.11 Å². The van der Waals surface area contributed by atoms with Gasteiger partial charge in [-0.2, -0.15) is 0 Å². The maximum Gasteiger partial charge on any atom is 0.293 e. The van der Waals surface area contributed by atoms with Gasteiger partial charge in [0.1, 0.15) is 5.69 Å². The number of thiocarbonyl (C=S) groups is 1. The summed E-state index contributed by atoms with van der Waals surface area (Å²) in [5.74, 6) is -0.140. The third-order valence-corrected chi connectivity index (χ3v) is 5.91. The summed E-state index contributed by atoms with van der Waals surface area (Å²) >= 11 is 5.32. The Morgan fingerprint density at radius 1 is 1.19 bits per heavy atom. The fourth-order valence-corrected chi connectivity index (χ4v) is 4.01. The Kier molecular flexibility index (Phi) is 7.57. The highest BCUT2D eigenvalue weighted by molar-refractivity contribution is 7.80. The number of rotatable bonds is 6. The molecule has 1 amide bonds. The molecule has 164 valence electrons. The molecule has 2 N–H and O–H groups in total. The summed E-state index contributed by atoms with van der Waals surface area (Å²) in [6.07, 6.45) is 4.13. The first kappa shape index (κ1) is 22.7. The molecule has 1 fully saturated rings. The zero-order chi connectivity index (χ0) is 22.4. The zero-order valence-corrected chi connectivity index (χ0v) is 18.7. The van der Waals surface area contributed by atoms with Crippen LogP contribution in [0.5, 0.6) is 0 Å². The average molecular weight is 441 g/mol. The van der Waals surface area contributed by atoms with Gasteiger partial charge in [-0.1, -0.05) is 32.0 Å². The Morgan fingerprint density at radius 2 is 1.90 bits per heavy atom. The van der Waals surface area contributed by atoms with E-state index in [1.165, 1.54) is 6.07 Å². The largest absolute Gasteiger partial charge is 0.366 e. The molecule has 0 spiro atoms. The lowest BCUT2D eigenvalue weighted by Gasteiger charge is -2.28. The van der Waals surface area contributed by atoms with Crippen molar-refractivity contribution >= 4 is 40.3 Å². The predicted octanol–water partition coefficient (Wildman–Crippen LogP) is 5.23. The number of nitro benzene ring substituents is 1. The predicted molar refractivity (Wildman–Crippen MR) is 128 cm³/mol. The number of piperidine rings is 1. The van der Waals surface area contributed by atoms with Crippen molar-refractivity contribution in [1.29, 1.82) is 0 Å². The normalized spacial score (nSPS) is 14.6. The van der Waals surface area contributed by atoms with Gasteiger partial charge in [0.2, 0.25) is 0 Å². The molecule has 2 aromatic carbocycles. The quantitative estimate of drug-likeness (QED) is 0.364. The Labute approximate surface area is 188 Å². The molecule has 0 radical (unpaired) electrons. The van der Waals surface area contributed by atoms with Gasteiger partial charge < -0.3 is 10.2 Å². The zero-order valence-electron chi connectivity index (χ0n) is 17.9. The van der Waals surface area contributed by atoms with Crippen LogP contribution in [0.2, 0.25) is 0 Å². The van der Waals surface area contributed by atoms with Crippen LogP contribution in [0.1, 0.15) is 61.4 Å². The second-order valence-electron chi connectivity index (χ2n) is 7.81. The van der Waals surface area contributed by atoms with E-state index in [1.807, 2.05) is 29.2 Å². The van der Waals surface area contributed by atoms with Crippen LogP contribution in [0.15, 0.2) is 42.5 Å². The number of hydrogen-bond donors (Lipinski definition) is 2. The van der Waals surface area contributed by atoms with Gasteiger partial charge in [-0.15, -0.1) is 0 Å². The molecule has 7 nitrogen and oxygen atoms in total.